The fourth-order valence-corrected chi connectivity index (χ4v) is 4.81. The third-order valence-corrected chi connectivity index (χ3v) is 6.63. The molecule has 0 amide bonds. The Hall–Kier alpha value is -2.13. The van der Waals surface area contributed by atoms with Crippen LogP contribution >= 0.6 is 15.9 Å². The van der Waals surface area contributed by atoms with Crippen molar-refractivity contribution in [3.63, 3.8) is 0 Å². The number of halogens is 2. The number of aromatic nitrogens is 2. The van der Waals surface area contributed by atoms with Gasteiger partial charge in [-0.1, -0.05) is 13.8 Å². The van der Waals surface area contributed by atoms with E-state index in [0.29, 0.717) is 31.9 Å². The minimum atomic E-state index is -3.47. The van der Waals surface area contributed by atoms with Gasteiger partial charge in [-0.3, -0.25) is 10.7 Å². The number of benzene rings is 1. The molecule has 164 valence electrons. The maximum Gasteiger partial charge on any atom is 0.279 e. The first kappa shape index (κ1) is 22.6. The molecular weight excluding hydrogens is 485 g/mol. The van der Waals surface area contributed by atoms with Crippen LogP contribution in [0.5, 0.6) is 0 Å². The summed E-state index contributed by atoms with van der Waals surface area (Å²) < 4.78 is 46.2. The van der Waals surface area contributed by atoms with Crippen LogP contribution in [-0.4, -0.2) is 60.3 Å². The van der Waals surface area contributed by atoms with E-state index in [1.165, 1.54) is 22.5 Å². The molecule has 1 aliphatic heterocycles. The quantitative estimate of drug-likeness (QED) is 0.240. The van der Waals surface area contributed by atoms with Gasteiger partial charge in [-0.25, -0.2) is 18.7 Å². The topological polar surface area (TPSA) is 145 Å². The van der Waals surface area contributed by atoms with Crippen LogP contribution in [0.25, 0.3) is 0 Å². The molecule has 4 N–H and O–H groups in total. The molecule has 1 aliphatic rings. The van der Waals surface area contributed by atoms with Gasteiger partial charge in [0.1, 0.15) is 5.82 Å². The zero-order valence-corrected chi connectivity index (χ0v) is 18.6. The van der Waals surface area contributed by atoms with Crippen LogP contribution in [0.2, 0.25) is 0 Å². The Bertz CT molecular complexity index is 1040. The predicted octanol–water partition coefficient (Wildman–Crippen LogP) is 1.62. The van der Waals surface area contributed by atoms with Gasteiger partial charge in [0.2, 0.25) is 5.82 Å². The van der Waals surface area contributed by atoms with E-state index in [-0.39, 0.29) is 27.2 Å². The molecule has 1 saturated heterocycles. The first-order valence-electron chi connectivity index (χ1n) is 8.93. The number of hydroxylamine groups is 1. The number of nitrogens with zero attached hydrogens (tertiary/aromatic N) is 4. The highest BCUT2D eigenvalue weighted by Crippen LogP contribution is 2.32. The van der Waals surface area contributed by atoms with Crippen LogP contribution in [0.4, 0.5) is 15.9 Å². The van der Waals surface area contributed by atoms with Gasteiger partial charge in [0, 0.05) is 31.6 Å². The first-order valence-corrected chi connectivity index (χ1v) is 11.2. The number of aliphatic imine (C=N–C) groups is 1. The molecule has 14 heteroatoms. The second-order valence-electron chi connectivity index (χ2n) is 7.07. The molecule has 0 saturated carbocycles. The molecule has 1 fully saturated rings. The molecule has 0 bridgehead atoms. The molecular formula is C16H21BrFN7O4S. The van der Waals surface area contributed by atoms with E-state index in [2.05, 4.69) is 41.3 Å². The average molecular weight is 506 g/mol. The fourth-order valence-electron chi connectivity index (χ4n) is 2.93. The van der Waals surface area contributed by atoms with Crippen LogP contribution in [0, 0.1) is 11.2 Å². The lowest BCUT2D eigenvalue weighted by Gasteiger charge is -2.46. The van der Waals surface area contributed by atoms with Gasteiger partial charge >= 0.3 is 0 Å². The largest absolute Gasteiger partial charge is 0.365 e. The number of hydrogen-bond acceptors (Lipinski definition) is 8. The molecule has 11 nitrogen and oxygen atoms in total. The summed E-state index contributed by atoms with van der Waals surface area (Å²) in [5, 5.41) is 20.1. The standard InChI is InChI=1S/C16H21BrFN7O4S/c1-3-20-30(27,28)25-8-16(2,9-25)7-19-14-13(23-29-24-14)15(22-26)21-10-4-5-12(18)11(17)6-10/h4-6,20,26H,3,7-9H2,1-2H3,(H,19,24)(H,21,22). The van der Waals surface area contributed by atoms with E-state index in [0.717, 1.165) is 0 Å². The van der Waals surface area contributed by atoms with Gasteiger partial charge in [-0.2, -0.15) is 12.7 Å². The highest BCUT2D eigenvalue weighted by molar-refractivity contribution is 9.10. The molecule has 2 heterocycles. The summed E-state index contributed by atoms with van der Waals surface area (Å²) in [6.45, 7) is 5.02. The molecule has 0 aliphatic carbocycles. The van der Waals surface area contributed by atoms with E-state index >= 15 is 0 Å². The Balaban J connectivity index is 1.69. The van der Waals surface area contributed by atoms with Gasteiger partial charge in [-0.15, -0.1) is 0 Å². The molecule has 1 aromatic carbocycles. The predicted molar refractivity (Wildman–Crippen MR) is 110 cm³/mol. The minimum absolute atomic E-state index is 0.0626. The number of hydrogen-bond donors (Lipinski definition) is 4. The molecule has 0 unspecified atom stereocenters. The SMILES string of the molecule is CCNS(=O)(=O)N1CC(C)(CNc2nonc2C(=Nc2ccc(F)c(Br)c2)NO)C1. The van der Waals surface area contributed by atoms with Crippen molar-refractivity contribution >= 4 is 43.5 Å². The number of amidine groups is 1. The maximum atomic E-state index is 13.4. The third kappa shape index (κ3) is 4.95. The first-order chi connectivity index (χ1) is 14.2. The van der Waals surface area contributed by atoms with Crippen molar-refractivity contribution in [1.82, 2.24) is 24.8 Å². The Kier molecular flexibility index (Phi) is 6.71. The van der Waals surface area contributed by atoms with Gasteiger partial charge in [0.25, 0.3) is 10.2 Å². The van der Waals surface area contributed by atoms with Crippen molar-refractivity contribution in [1.29, 1.82) is 0 Å². The summed E-state index contributed by atoms with van der Waals surface area (Å²) in [6, 6.07) is 4.08. The number of anilines is 1. The lowest BCUT2D eigenvalue weighted by Crippen LogP contribution is -2.61. The molecule has 30 heavy (non-hydrogen) atoms. The Morgan fingerprint density at radius 3 is 2.80 bits per heavy atom. The van der Waals surface area contributed by atoms with Crippen molar-refractivity contribution in [3.8, 4) is 0 Å². The van der Waals surface area contributed by atoms with Crippen LogP contribution in [0.15, 0.2) is 32.3 Å². The van der Waals surface area contributed by atoms with Gasteiger partial charge in [0.05, 0.1) is 10.2 Å². The van der Waals surface area contributed by atoms with Gasteiger partial charge < -0.3 is 5.32 Å². The van der Waals surface area contributed by atoms with E-state index < -0.39 is 16.0 Å². The van der Waals surface area contributed by atoms with Crippen LogP contribution in [0.3, 0.4) is 0 Å². The minimum Gasteiger partial charge on any atom is -0.365 e. The van der Waals surface area contributed by atoms with Crippen molar-refractivity contribution in [2.24, 2.45) is 10.4 Å². The second kappa shape index (κ2) is 8.93. The molecule has 0 atom stereocenters. The molecule has 2 aromatic rings. The fraction of sp³-hybridized carbons (Fsp3) is 0.438. The summed E-state index contributed by atoms with van der Waals surface area (Å²) >= 11 is 3.07. The lowest BCUT2D eigenvalue weighted by atomic mass is 9.84. The summed E-state index contributed by atoms with van der Waals surface area (Å²) in [4.78, 5) is 4.19. The summed E-state index contributed by atoms with van der Waals surface area (Å²) in [5.41, 5.74) is 2.07. The van der Waals surface area contributed by atoms with E-state index in [1.54, 1.807) is 6.92 Å². The molecule has 1 aromatic heterocycles. The second-order valence-corrected chi connectivity index (χ2v) is 9.68. The number of rotatable bonds is 8. The summed E-state index contributed by atoms with van der Waals surface area (Å²) in [7, 11) is -3.47. The Morgan fingerprint density at radius 2 is 2.17 bits per heavy atom. The van der Waals surface area contributed by atoms with E-state index in [1.807, 2.05) is 12.4 Å². The van der Waals surface area contributed by atoms with Crippen LogP contribution < -0.4 is 15.5 Å². The average Bonchev–Trinajstić information content (AvgIpc) is 3.13. The van der Waals surface area contributed by atoms with Gasteiger partial charge in [-0.05, 0) is 44.4 Å². The van der Waals surface area contributed by atoms with Gasteiger partial charge in [0.15, 0.2) is 11.5 Å². The summed E-state index contributed by atoms with van der Waals surface area (Å²) in [6.07, 6.45) is 0. The van der Waals surface area contributed by atoms with Crippen molar-refractivity contribution in [2.45, 2.75) is 13.8 Å². The lowest BCUT2D eigenvalue weighted by molar-refractivity contribution is 0.103. The summed E-state index contributed by atoms with van der Waals surface area (Å²) in [5.74, 6) is -0.296. The van der Waals surface area contributed by atoms with E-state index in [4.69, 9.17) is 4.63 Å². The molecule has 0 radical (unpaired) electrons. The van der Waals surface area contributed by atoms with E-state index in [9.17, 15) is 18.0 Å². The third-order valence-electron chi connectivity index (χ3n) is 4.43. The highest BCUT2D eigenvalue weighted by atomic mass is 79.9. The highest BCUT2D eigenvalue weighted by Gasteiger charge is 2.44. The monoisotopic (exact) mass is 505 g/mol. The molecule has 3 rings (SSSR count). The van der Waals surface area contributed by atoms with Crippen molar-refractivity contribution in [2.75, 3.05) is 31.5 Å². The Morgan fingerprint density at radius 1 is 1.43 bits per heavy atom. The zero-order chi connectivity index (χ0) is 21.9. The maximum absolute atomic E-state index is 13.4. The van der Waals surface area contributed by atoms with Crippen LogP contribution in [-0.2, 0) is 10.2 Å². The molecule has 0 spiro atoms. The smallest absolute Gasteiger partial charge is 0.279 e. The normalized spacial score (nSPS) is 16.9. The number of nitrogens with one attached hydrogen (secondary N) is 3. The van der Waals surface area contributed by atoms with Crippen molar-refractivity contribution < 1.29 is 22.6 Å². The van der Waals surface area contributed by atoms with Crippen molar-refractivity contribution in [3.05, 3.63) is 34.2 Å². The Labute approximate surface area is 181 Å². The van der Waals surface area contributed by atoms with Crippen LogP contribution in [0.1, 0.15) is 19.5 Å². The zero-order valence-electron chi connectivity index (χ0n) is 16.2.